The molecule has 0 aliphatic heterocycles. The molecule has 0 fully saturated rings. The molecule has 1 rings (SSSR count). The van der Waals surface area contributed by atoms with Crippen molar-refractivity contribution < 1.29 is 18.3 Å². The number of anilines is 1. The highest BCUT2D eigenvalue weighted by Gasteiger charge is 2.32. The van der Waals surface area contributed by atoms with Gasteiger partial charge in [-0.15, -0.1) is 0 Å². The van der Waals surface area contributed by atoms with Crippen LogP contribution >= 0.6 is 0 Å². The molecule has 0 spiro atoms. The number of alkyl halides is 3. The van der Waals surface area contributed by atoms with Crippen LogP contribution in [0.15, 0.2) is 18.2 Å². The van der Waals surface area contributed by atoms with Crippen LogP contribution in [0.4, 0.5) is 19.0 Å². The summed E-state index contributed by atoms with van der Waals surface area (Å²) in [7, 11) is 0. The van der Waals surface area contributed by atoms with Gasteiger partial charge in [-0.25, -0.2) is 4.98 Å². The summed E-state index contributed by atoms with van der Waals surface area (Å²) in [4.78, 5) is 3.50. The quantitative estimate of drug-likeness (QED) is 0.742. The summed E-state index contributed by atoms with van der Waals surface area (Å²) in [5.41, 5.74) is -0.882. The summed E-state index contributed by atoms with van der Waals surface area (Å²) in [6.07, 6.45) is -0.931. The molecule has 0 saturated heterocycles. The predicted molar refractivity (Wildman–Crippen MR) is 63.3 cm³/mol. The normalized spacial score (nSPS) is 11.6. The Balaban J connectivity index is 2.34. The third kappa shape index (κ3) is 5.35. The van der Waals surface area contributed by atoms with Gasteiger partial charge in [-0.05, 0) is 25.0 Å². The summed E-state index contributed by atoms with van der Waals surface area (Å²) in [6.45, 7) is 0.766. The van der Waals surface area contributed by atoms with Gasteiger partial charge in [0.05, 0.1) is 0 Å². The molecular formula is C12H17F3N2O. The number of aliphatic hydroxyl groups excluding tert-OH is 1. The van der Waals surface area contributed by atoms with Gasteiger partial charge in [-0.3, -0.25) is 0 Å². The van der Waals surface area contributed by atoms with Crippen molar-refractivity contribution in [3.63, 3.8) is 0 Å². The molecule has 0 atom stereocenters. The van der Waals surface area contributed by atoms with Gasteiger partial charge >= 0.3 is 6.18 Å². The first kappa shape index (κ1) is 14.8. The maximum absolute atomic E-state index is 12.4. The van der Waals surface area contributed by atoms with Crippen LogP contribution in [0.25, 0.3) is 0 Å². The van der Waals surface area contributed by atoms with Gasteiger partial charge in [0.15, 0.2) is 0 Å². The van der Waals surface area contributed by atoms with E-state index in [9.17, 15) is 13.2 Å². The zero-order valence-electron chi connectivity index (χ0n) is 10.0. The average molecular weight is 262 g/mol. The lowest BCUT2D eigenvalue weighted by Gasteiger charge is -2.09. The molecule has 102 valence electrons. The molecule has 0 aromatic carbocycles. The number of aromatic nitrogens is 1. The Hall–Kier alpha value is -1.30. The van der Waals surface area contributed by atoms with E-state index in [-0.39, 0.29) is 12.4 Å². The SMILES string of the molecule is OCCCCCCNc1cccc(C(F)(F)F)n1. The second-order valence-electron chi connectivity index (χ2n) is 3.97. The zero-order valence-corrected chi connectivity index (χ0v) is 10.0. The molecule has 0 saturated carbocycles. The van der Waals surface area contributed by atoms with Crippen molar-refractivity contribution in [3.05, 3.63) is 23.9 Å². The van der Waals surface area contributed by atoms with Gasteiger partial charge in [-0.1, -0.05) is 18.9 Å². The fourth-order valence-corrected chi connectivity index (χ4v) is 1.50. The molecule has 1 heterocycles. The lowest BCUT2D eigenvalue weighted by atomic mass is 10.2. The van der Waals surface area contributed by atoms with Gasteiger partial charge in [0.2, 0.25) is 0 Å². The maximum atomic E-state index is 12.4. The third-order valence-electron chi connectivity index (χ3n) is 2.43. The van der Waals surface area contributed by atoms with Crippen LogP contribution in [0.3, 0.4) is 0 Å². The minimum absolute atomic E-state index is 0.183. The van der Waals surface area contributed by atoms with E-state index in [1.165, 1.54) is 12.1 Å². The summed E-state index contributed by atoms with van der Waals surface area (Å²) in [5, 5.41) is 11.4. The number of halogens is 3. The van der Waals surface area contributed by atoms with Crippen LogP contribution in [-0.4, -0.2) is 23.2 Å². The molecule has 1 aromatic heterocycles. The van der Waals surface area contributed by atoms with E-state index in [1.54, 1.807) is 0 Å². The second-order valence-corrected chi connectivity index (χ2v) is 3.97. The molecule has 3 nitrogen and oxygen atoms in total. The molecule has 0 amide bonds. The van der Waals surface area contributed by atoms with E-state index in [4.69, 9.17) is 5.11 Å². The summed E-state index contributed by atoms with van der Waals surface area (Å²) >= 11 is 0. The van der Waals surface area contributed by atoms with Gasteiger partial charge in [0, 0.05) is 13.2 Å². The lowest BCUT2D eigenvalue weighted by Crippen LogP contribution is -2.10. The molecular weight excluding hydrogens is 245 g/mol. The fourth-order valence-electron chi connectivity index (χ4n) is 1.50. The van der Waals surface area contributed by atoms with E-state index in [0.717, 1.165) is 31.7 Å². The van der Waals surface area contributed by atoms with Crippen LogP contribution in [0.1, 0.15) is 31.4 Å². The first-order valence-electron chi connectivity index (χ1n) is 5.93. The number of hydrogen-bond donors (Lipinski definition) is 2. The van der Waals surface area contributed by atoms with E-state index >= 15 is 0 Å². The number of aliphatic hydroxyl groups is 1. The average Bonchev–Trinajstić information content (AvgIpc) is 2.33. The van der Waals surface area contributed by atoms with Gasteiger partial charge in [0.1, 0.15) is 11.5 Å². The van der Waals surface area contributed by atoms with Crippen LogP contribution in [0.5, 0.6) is 0 Å². The fraction of sp³-hybridized carbons (Fsp3) is 0.583. The van der Waals surface area contributed by atoms with Crippen molar-refractivity contribution in [2.45, 2.75) is 31.9 Å². The molecule has 18 heavy (non-hydrogen) atoms. The third-order valence-corrected chi connectivity index (χ3v) is 2.43. The van der Waals surface area contributed by atoms with Crippen molar-refractivity contribution in [2.75, 3.05) is 18.5 Å². The van der Waals surface area contributed by atoms with Crippen molar-refractivity contribution >= 4 is 5.82 Å². The van der Waals surface area contributed by atoms with Crippen molar-refractivity contribution in [1.82, 2.24) is 4.98 Å². The number of rotatable bonds is 7. The molecule has 0 aliphatic rings. The highest BCUT2D eigenvalue weighted by Crippen LogP contribution is 2.28. The molecule has 0 aliphatic carbocycles. The van der Waals surface area contributed by atoms with E-state index in [1.807, 2.05) is 0 Å². The van der Waals surface area contributed by atoms with Crippen LogP contribution in [-0.2, 0) is 6.18 Å². The van der Waals surface area contributed by atoms with Gasteiger partial charge in [0.25, 0.3) is 0 Å². The molecule has 0 radical (unpaired) electrons. The minimum atomic E-state index is -4.40. The number of hydrogen-bond acceptors (Lipinski definition) is 3. The lowest BCUT2D eigenvalue weighted by molar-refractivity contribution is -0.141. The van der Waals surface area contributed by atoms with E-state index in [2.05, 4.69) is 10.3 Å². The van der Waals surface area contributed by atoms with Gasteiger partial charge in [-0.2, -0.15) is 13.2 Å². The first-order valence-corrected chi connectivity index (χ1v) is 5.93. The zero-order chi connectivity index (χ0) is 13.4. The van der Waals surface area contributed by atoms with Crippen molar-refractivity contribution in [1.29, 1.82) is 0 Å². The van der Waals surface area contributed by atoms with Crippen molar-refractivity contribution in [2.24, 2.45) is 0 Å². The van der Waals surface area contributed by atoms with Crippen molar-refractivity contribution in [3.8, 4) is 0 Å². The van der Waals surface area contributed by atoms with Crippen LogP contribution in [0, 0.1) is 0 Å². The highest BCUT2D eigenvalue weighted by molar-refractivity contribution is 5.35. The minimum Gasteiger partial charge on any atom is -0.396 e. The summed E-state index contributed by atoms with van der Waals surface area (Å²) in [5.74, 6) is 0.243. The molecule has 1 aromatic rings. The maximum Gasteiger partial charge on any atom is 0.433 e. The number of nitrogens with zero attached hydrogens (tertiary/aromatic N) is 1. The Kier molecular flexibility index (Phi) is 5.91. The topological polar surface area (TPSA) is 45.1 Å². The summed E-state index contributed by atoms with van der Waals surface area (Å²) < 4.78 is 37.1. The number of unbranched alkanes of at least 4 members (excludes halogenated alkanes) is 3. The largest absolute Gasteiger partial charge is 0.433 e. The number of pyridine rings is 1. The Morgan fingerprint density at radius 1 is 1.11 bits per heavy atom. The highest BCUT2D eigenvalue weighted by atomic mass is 19.4. The second kappa shape index (κ2) is 7.20. The molecule has 2 N–H and O–H groups in total. The monoisotopic (exact) mass is 262 g/mol. The van der Waals surface area contributed by atoms with Crippen LogP contribution < -0.4 is 5.32 Å². The molecule has 0 unspecified atom stereocenters. The number of nitrogens with one attached hydrogen (secondary N) is 1. The summed E-state index contributed by atoms with van der Waals surface area (Å²) in [6, 6.07) is 3.80. The molecule has 0 bridgehead atoms. The first-order chi connectivity index (χ1) is 8.54. The van der Waals surface area contributed by atoms with Crippen LogP contribution in [0.2, 0.25) is 0 Å². The standard InChI is InChI=1S/C12H17F3N2O/c13-12(14,15)10-6-5-7-11(17-10)16-8-3-1-2-4-9-18/h5-7,18H,1-4,8-9H2,(H,16,17). The van der Waals surface area contributed by atoms with E-state index in [0.29, 0.717) is 6.54 Å². The smallest absolute Gasteiger partial charge is 0.396 e. The Bertz CT molecular complexity index is 355. The Labute approximate surface area is 104 Å². The molecule has 6 heteroatoms. The predicted octanol–water partition coefficient (Wildman–Crippen LogP) is 3.07. The van der Waals surface area contributed by atoms with E-state index < -0.39 is 11.9 Å². The Morgan fingerprint density at radius 3 is 2.50 bits per heavy atom. The Morgan fingerprint density at radius 2 is 1.83 bits per heavy atom. The van der Waals surface area contributed by atoms with Gasteiger partial charge < -0.3 is 10.4 Å².